The summed E-state index contributed by atoms with van der Waals surface area (Å²) < 4.78 is 34.5. The Balaban J connectivity index is 1.97. The highest BCUT2D eigenvalue weighted by molar-refractivity contribution is 7.89. The molecular weight excluding hydrogens is 314 g/mol. The Hall–Kier alpha value is -1.86. The Morgan fingerprint density at radius 3 is 2.78 bits per heavy atom. The van der Waals surface area contributed by atoms with Crippen LogP contribution in [0.3, 0.4) is 0 Å². The lowest BCUT2D eigenvalue weighted by molar-refractivity contribution is 0.389. The van der Waals surface area contributed by atoms with Crippen LogP contribution < -0.4 is 4.74 Å². The zero-order valence-corrected chi connectivity index (χ0v) is 14.4. The van der Waals surface area contributed by atoms with Crippen molar-refractivity contribution < 1.29 is 13.2 Å². The highest BCUT2D eigenvalue weighted by Gasteiger charge is 2.37. The maximum Gasteiger partial charge on any atom is 0.262 e. The Bertz CT molecular complexity index is 794. The van der Waals surface area contributed by atoms with Crippen LogP contribution in [-0.2, 0) is 17.1 Å². The highest BCUT2D eigenvalue weighted by atomic mass is 32.2. The van der Waals surface area contributed by atoms with Crippen molar-refractivity contribution in [3.05, 3.63) is 41.9 Å². The molecule has 7 heteroatoms. The van der Waals surface area contributed by atoms with Gasteiger partial charge in [0.1, 0.15) is 11.6 Å². The van der Waals surface area contributed by atoms with Crippen molar-refractivity contribution in [2.24, 2.45) is 7.05 Å². The van der Waals surface area contributed by atoms with Gasteiger partial charge in [0.05, 0.1) is 13.2 Å². The molecule has 1 aromatic carbocycles. The summed E-state index contributed by atoms with van der Waals surface area (Å²) in [7, 11) is -0.190. The Labute approximate surface area is 136 Å². The molecule has 0 radical (unpaired) electrons. The van der Waals surface area contributed by atoms with Crippen molar-refractivity contribution in [3.8, 4) is 5.75 Å². The van der Waals surface area contributed by atoms with Gasteiger partial charge >= 0.3 is 0 Å². The zero-order chi connectivity index (χ0) is 16.6. The molecule has 0 spiro atoms. The van der Waals surface area contributed by atoms with E-state index in [1.54, 1.807) is 36.2 Å². The van der Waals surface area contributed by atoms with Gasteiger partial charge in [-0.2, -0.15) is 4.31 Å². The second-order valence-corrected chi connectivity index (χ2v) is 7.63. The van der Waals surface area contributed by atoms with Crippen molar-refractivity contribution in [1.29, 1.82) is 0 Å². The standard InChI is InChI=1S/C16H21N3O3S/c1-12-17-16(11-18(12)2)23(20,21)19-9-5-8-15(19)13-6-4-7-14(10-13)22-3/h4,6-7,10-11,15H,5,8-9H2,1-3H3. The number of hydrogen-bond acceptors (Lipinski definition) is 4. The van der Waals surface area contributed by atoms with Gasteiger partial charge in [0.2, 0.25) is 0 Å². The first-order chi connectivity index (χ1) is 10.9. The lowest BCUT2D eigenvalue weighted by Gasteiger charge is -2.23. The number of nitrogens with zero attached hydrogens (tertiary/aromatic N) is 3. The van der Waals surface area contributed by atoms with Gasteiger partial charge < -0.3 is 9.30 Å². The molecule has 0 saturated carbocycles. The van der Waals surface area contributed by atoms with Crippen LogP contribution in [0.5, 0.6) is 5.75 Å². The third-order valence-electron chi connectivity index (χ3n) is 4.34. The second kappa shape index (κ2) is 5.98. The molecular formula is C16H21N3O3S. The molecule has 23 heavy (non-hydrogen) atoms. The SMILES string of the molecule is COc1cccc(C2CCCN2S(=O)(=O)c2cn(C)c(C)n2)c1. The van der Waals surface area contributed by atoms with Crippen LogP contribution in [0.15, 0.2) is 35.5 Å². The van der Waals surface area contributed by atoms with Gasteiger partial charge in [-0.3, -0.25) is 0 Å². The molecule has 2 heterocycles. The summed E-state index contributed by atoms with van der Waals surface area (Å²) in [4.78, 5) is 4.20. The summed E-state index contributed by atoms with van der Waals surface area (Å²) in [5.41, 5.74) is 0.957. The van der Waals surface area contributed by atoms with E-state index < -0.39 is 10.0 Å². The van der Waals surface area contributed by atoms with Gasteiger partial charge in [0, 0.05) is 19.8 Å². The van der Waals surface area contributed by atoms with Crippen LogP contribution in [0.4, 0.5) is 0 Å². The number of hydrogen-bond donors (Lipinski definition) is 0. The fourth-order valence-corrected chi connectivity index (χ4v) is 4.69. The molecule has 2 aromatic rings. The minimum atomic E-state index is -3.60. The summed E-state index contributed by atoms with van der Waals surface area (Å²) in [5.74, 6) is 1.42. The molecule has 1 aromatic heterocycles. The number of aromatic nitrogens is 2. The molecule has 0 bridgehead atoms. The summed E-state index contributed by atoms with van der Waals surface area (Å²) in [6.07, 6.45) is 3.22. The van der Waals surface area contributed by atoms with E-state index in [1.165, 1.54) is 0 Å². The quantitative estimate of drug-likeness (QED) is 0.860. The molecule has 0 N–H and O–H groups in total. The minimum Gasteiger partial charge on any atom is -0.497 e. The van der Waals surface area contributed by atoms with E-state index in [0.717, 1.165) is 24.2 Å². The molecule has 1 unspecified atom stereocenters. The molecule has 0 amide bonds. The summed E-state index contributed by atoms with van der Waals surface area (Å²) >= 11 is 0. The van der Waals surface area contributed by atoms with Crippen molar-refractivity contribution in [3.63, 3.8) is 0 Å². The van der Waals surface area contributed by atoms with E-state index in [9.17, 15) is 8.42 Å². The number of benzene rings is 1. The van der Waals surface area contributed by atoms with Crippen molar-refractivity contribution in [2.75, 3.05) is 13.7 Å². The van der Waals surface area contributed by atoms with Crippen molar-refractivity contribution in [1.82, 2.24) is 13.9 Å². The van der Waals surface area contributed by atoms with Crippen LogP contribution in [-0.4, -0.2) is 35.9 Å². The number of ether oxygens (including phenoxy) is 1. The number of imidazole rings is 1. The fraction of sp³-hybridized carbons (Fsp3) is 0.438. The van der Waals surface area contributed by atoms with E-state index in [2.05, 4.69) is 4.98 Å². The highest BCUT2D eigenvalue weighted by Crippen LogP contribution is 2.37. The fourth-order valence-electron chi connectivity index (χ4n) is 2.98. The van der Waals surface area contributed by atoms with E-state index in [0.29, 0.717) is 12.4 Å². The molecule has 1 aliphatic rings. The number of rotatable bonds is 4. The van der Waals surface area contributed by atoms with Crippen molar-refractivity contribution in [2.45, 2.75) is 30.8 Å². The van der Waals surface area contributed by atoms with Crippen LogP contribution in [0.1, 0.15) is 30.3 Å². The number of sulfonamides is 1. The largest absolute Gasteiger partial charge is 0.497 e. The van der Waals surface area contributed by atoms with Gasteiger partial charge in [-0.15, -0.1) is 0 Å². The van der Waals surface area contributed by atoms with Gasteiger partial charge in [-0.25, -0.2) is 13.4 Å². The number of aryl methyl sites for hydroxylation is 2. The summed E-state index contributed by atoms with van der Waals surface area (Å²) in [6.45, 7) is 2.31. The Kier molecular flexibility index (Phi) is 4.16. The normalized spacial score (nSPS) is 19.2. The van der Waals surface area contributed by atoms with Crippen LogP contribution in [0, 0.1) is 6.92 Å². The first-order valence-electron chi connectivity index (χ1n) is 7.59. The summed E-state index contributed by atoms with van der Waals surface area (Å²) in [5, 5.41) is 0.118. The Morgan fingerprint density at radius 1 is 1.35 bits per heavy atom. The topological polar surface area (TPSA) is 64.4 Å². The second-order valence-electron chi connectivity index (χ2n) is 5.79. The van der Waals surface area contributed by atoms with E-state index in [4.69, 9.17) is 4.74 Å². The molecule has 1 atom stereocenters. The minimum absolute atomic E-state index is 0.118. The maximum atomic E-state index is 13.0. The monoisotopic (exact) mass is 335 g/mol. The molecule has 124 valence electrons. The maximum absolute atomic E-state index is 13.0. The van der Waals surface area contributed by atoms with Gasteiger partial charge in [0.25, 0.3) is 10.0 Å². The predicted octanol–water partition coefficient (Wildman–Crippen LogP) is 2.26. The van der Waals surface area contributed by atoms with Gasteiger partial charge in [-0.05, 0) is 37.5 Å². The zero-order valence-electron chi connectivity index (χ0n) is 13.6. The van der Waals surface area contributed by atoms with E-state index in [-0.39, 0.29) is 11.1 Å². The molecule has 3 rings (SSSR count). The molecule has 1 saturated heterocycles. The summed E-state index contributed by atoms with van der Waals surface area (Å²) in [6, 6.07) is 7.44. The van der Waals surface area contributed by atoms with Crippen LogP contribution in [0.2, 0.25) is 0 Å². The van der Waals surface area contributed by atoms with Crippen LogP contribution in [0.25, 0.3) is 0 Å². The third-order valence-corrected chi connectivity index (χ3v) is 6.12. The average Bonchev–Trinajstić information content (AvgIpc) is 3.16. The van der Waals surface area contributed by atoms with Gasteiger partial charge in [-0.1, -0.05) is 12.1 Å². The first kappa shape index (κ1) is 16.0. The average molecular weight is 335 g/mol. The van der Waals surface area contributed by atoms with Gasteiger partial charge in [0.15, 0.2) is 5.03 Å². The third kappa shape index (κ3) is 2.86. The van der Waals surface area contributed by atoms with Crippen molar-refractivity contribution >= 4 is 10.0 Å². The number of methoxy groups -OCH3 is 1. The molecule has 1 aliphatic heterocycles. The molecule has 1 fully saturated rings. The molecule has 6 nitrogen and oxygen atoms in total. The lowest BCUT2D eigenvalue weighted by atomic mass is 10.1. The smallest absolute Gasteiger partial charge is 0.262 e. The predicted molar refractivity (Wildman–Crippen MR) is 86.8 cm³/mol. The van der Waals surface area contributed by atoms with E-state index in [1.807, 2.05) is 24.3 Å². The van der Waals surface area contributed by atoms with Crippen LogP contribution >= 0.6 is 0 Å². The Morgan fingerprint density at radius 2 is 2.13 bits per heavy atom. The van der Waals surface area contributed by atoms with E-state index >= 15 is 0 Å². The molecule has 0 aliphatic carbocycles. The first-order valence-corrected chi connectivity index (χ1v) is 9.03. The lowest BCUT2D eigenvalue weighted by Crippen LogP contribution is -2.31.